The van der Waals surface area contributed by atoms with E-state index >= 15 is 0 Å². The summed E-state index contributed by atoms with van der Waals surface area (Å²) in [4.78, 5) is 0. The molecule has 1 fully saturated rings. The van der Waals surface area contributed by atoms with Gasteiger partial charge >= 0.3 is 0 Å². The Morgan fingerprint density at radius 2 is 1.86 bits per heavy atom. The molecule has 4 heteroatoms. The Morgan fingerprint density at radius 3 is 2.52 bits per heavy atom. The summed E-state index contributed by atoms with van der Waals surface area (Å²) in [5, 5.41) is 3.49. The molecule has 1 aromatic rings. The van der Waals surface area contributed by atoms with Crippen LogP contribution in [-0.4, -0.2) is 33.5 Å². The lowest BCUT2D eigenvalue weighted by Crippen LogP contribution is -2.25. The van der Waals surface area contributed by atoms with E-state index < -0.39 is 0 Å². The fraction of sp³-hybridized carbons (Fsp3) is 0.647. The molecule has 1 aliphatic carbocycles. The topological polar surface area (TPSA) is 39.7 Å². The first kappa shape index (κ1) is 16.1. The molecule has 1 aromatic carbocycles. The predicted octanol–water partition coefficient (Wildman–Crippen LogP) is 3.31. The molecule has 118 valence electrons. The molecule has 0 radical (unpaired) electrons. The van der Waals surface area contributed by atoms with Crippen LogP contribution in [0.15, 0.2) is 18.2 Å². The molecule has 0 bridgehead atoms. The van der Waals surface area contributed by atoms with E-state index in [1.54, 1.807) is 14.2 Å². The van der Waals surface area contributed by atoms with Gasteiger partial charge in [0.25, 0.3) is 0 Å². The van der Waals surface area contributed by atoms with Crippen LogP contribution in [0.2, 0.25) is 0 Å². The maximum Gasteiger partial charge on any atom is 0.161 e. The fourth-order valence-electron chi connectivity index (χ4n) is 2.80. The maximum absolute atomic E-state index is 5.86. The third-order valence-corrected chi connectivity index (χ3v) is 4.12. The molecule has 1 aliphatic rings. The van der Waals surface area contributed by atoms with Crippen molar-refractivity contribution in [2.24, 2.45) is 0 Å². The second-order valence-corrected chi connectivity index (χ2v) is 5.57. The van der Waals surface area contributed by atoms with E-state index in [-0.39, 0.29) is 6.04 Å². The average molecular weight is 293 g/mol. The molecule has 0 aliphatic heterocycles. The van der Waals surface area contributed by atoms with Crippen molar-refractivity contribution in [1.82, 2.24) is 5.32 Å². The van der Waals surface area contributed by atoms with Gasteiger partial charge in [0.15, 0.2) is 11.5 Å². The lowest BCUT2D eigenvalue weighted by atomic mass is 10.1. The summed E-state index contributed by atoms with van der Waals surface area (Å²) in [6, 6.07) is 6.30. The molecular formula is C17H27NO3. The average Bonchev–Trinajstić information content (AvgIpc) is 3.04. The van der Waals surface area contributed by atoms with Crippen LogP contribution in [-0.2, 0) is 4.74 Å². The molecule has 1 N–H and O–H groups in total. The van der Waals surface area contributed by atoms with Gasteiger partial charge in [0, 0.05) is 12.6 Å². The summed E-state index contributed by atoms with van der Waals surface area (Å²) >= 11 is 0. The molecule has 1 saturated carbocycles. The van der Waals surface area contributed by atoms with Gasteiger partial charge in [-0.25, -0.2) is 0 Å². The van der Waals surface area contributed by atoms with E-state index in [9.17, 15) is 0 Å². The minimum Gasteiger partial charge on any atom is -0.493 e. The maximum atomic E-state index is 5.86. The zero-order valence-corrected chi connectivity index (χ0v) is 13.4. The minimum absolute atomic E-state index is 0.261. The van der Waals surface area contributed by atoms with E-state index in [0.717, 1.165) is 24.7 Å². The van der Waals surface area contributed by atoms with E-state index in [2.05, 4.69) is 18.3 Å². The Bertz CT molecular complexity index is 430. The van der Waals surface area contributed by atoms with E-state index in [1.807, 2.05) is 12.1 Å². The van der Waals surface area contributed by atoms with Crippen molar-refractivity contribution in [3.63, 3.8) is 0 Å². The van der Waals surface area contributed by atoms with Crippen molar-refractivity contribution >= 4 is 0 Å². The molecule has 0 saturated heterocycles. The van der Waals surface area contributed by atoms with Crippen molar-refractivity contribution in [2.45, 2.75) is 44.8 Å². The van der Waals surface area contributed by atoms with Crippen LogP contribution in [0, 0.1) is 0 Å². The summed E-state index contributed by atoms with van der Waals surface area (Å²) in [5.74, 6) is 1.53. The van der Waals surface area contributed by atoms with E-state index in [4.69, 9.17) is 14.2 Å². The van der Waals surface area contributed by atoms with Crippen LogP contribution in [0.3, 0.4) is 0 Å². The Labute approximate surface area is 127 Å². The van der Waals surface area contributed by atoms with E-state index in [1.165, 1.54) is 31.2 Å². The van der Waals surface area contributed by atoms with Gasteiger partial charge in [-0.1, -0.05) is 18.9 Å². The molecule has 0 aromatic heterocycles. The van der Waals surface area contributed by atoms with Gasteiger partial charge in [0.2, 0.25) is 0 Å². The van der Waals surface area contributed by atoms with Crippen molar-refractivity contribution in [3.8, 4) is 11.5 Å². The van der Waals surface area contributed by atoms with Crippen molar-refractivity contribution in [1.29, 1.82) is 0 Å². The Kier molecular flexibility index (Phi) is 6.33. The van der Waals surface area contributed by atoms with Crippen molar-refractivity contribution in [2.75, 3.05) is 27.4 Å². The number of methoxy groups -OCH3 is 2. The zero-order chi connectivity index (χ0) is 15.1. The molecule has 0 amide bonds. The van der Waals surface area contributed by atoms with Crippen LogP contribution >= 0.6 is 0 Å². The standard InChI is InChI=1S/C17H27NO3/c1-13(18-10-11-21-15-6-4-5-7-15)14-8-9-16(19-2)17(12-14)20-3/h8-9,12-13,15,18H,4-7,10-11H2,1-3H3. The van der Waals surface area contributed by atoms with Crippen LogP contribution < -0.4 is 14.8 Å². The number of ether oxygens (including phenoxy) is 3. The highest BCUT2D eigenvalue weighted by molar-refractivity contribution is 5.43. The summed E-state index contributed by atoms with van der Waals surface area (Å²) < 4.78 is 16.5. The van der Waals surface area contributed by atoms with Crippen LogP contribution in [0.25, 0.3) is 0 Å². The zero-order valence-electron chi connectivity index (χ0n) is 13.4. The fourth-order valence-corrected chi connectivity index (χ4v) is 2.80. The van der Waals surface area contributed by atoms with Gasteiger partial charge in [-0.3, -0.25) is 0 Å². The highest BCUT2D eigenvalue weighted by Gasteiger charge is 2.15. The third-order valence-electron chi connectivity index (χ3n) is 4.12. The number of hydrogen-bond donors (Lipinski definition) is 1. The molecule has 21 heavy (non-hydrogen) atoms. The molecular weight excluding hydrogens is 266 g/mol. The quantitative estimate of drug-likeness (QED) is 0.746. The summed E-state index contributed by atoms with van der Waals surface area (Å²) in [6.07, 6.45) is 5.58. The number of nitrogens with one attached hydrogen (secondary N) is 1. The highest BCUT2D eigenvalue weighted by Crippen LogP contribution is 2.29. The Balaban J connectivity index is 1.78. The summed E-state index contributed by atoms with van der Waals surface area (Å²) in [7, 11) is 3.31. The van der Waals surface area contributed by atoms with E-state index in [0.29, 0.717) is 6.10 Å². The largest absolute Gasteiger partial charge is 0.493 e. The molecule has 0 spiro atoms. The lowest BCUT2D eigenvalue weighted by Gasteiger charge is -2.17. The first-order valence-corrected chi connectivity index (χ1v) is 7.81. The minimum atomic E-state index is 0.261. The normalized spacial score (nSPS) is 16.9. The Hall–Kier alpha value is -1.26. The first-order valence-electron chi connectivity index (χ1n) is 7.81. The third kappa shape index (κ3) is 4.61. The predicted molar refractivity (Wildman–Crippen MR) is 84.2 cm³/mol. The highest BCUT2D eigenvalue weighted by atomic mass is 16.5. The van der Waals surface area contributed by atoms with Gasteiger partial charge in [0.1, 0.15) is 0 Å². The van der Waals surface area contributed by atoms with Crippen LogP contribution in [0.1, 0.15) is 44.2 Å². The van der Waals surface area contributed by atoms with Gasteiger partial charge in [-0.2, -0.15) is 0 Å². The van der Waals surface area contributed by atoms with Gasteiger partial charge < -0.3 is 19.5 Å². The Morgan fingerprint density at radius 1 is 1.14 bits per heavy atom. The van der Waals surface area contributed by atoms with Crippen LogP contribution in [0.5, 0.6) is 11.5 Å². The van der Waals surface area contributed by atoms with Gasteiger partial charge in [0.05, 0.1) is 26.9 Å². The summed E-state index contributed by atoms with van der Waals surface area (Å²) in [5.41, 5.74) is 1.19. The molecule has 2 rings (SSSR count). The molecule has 4 nitrogen and oxygen atoms in total. The molecule has 1 atom stereocenters. The summed E-state index contributed by atoms with van der Waals surface area (Å²) in [6.45, 7) is 3.80. The first-order chi connectivity index (χ1) is 10.2. The van der Waals surface area contributed by atoms with Crippen LogP contribution in [0.4, 0.5) is 0 Å². The SMILES string of the molecule is COc1ccc(C(C)NCCOC2CCCC2)cc1OC. The molecule has 1 unspecified atom stereocenters. The number of rotatable bonds is 8. The number of hydrogen-bond acceptors (Lipinski definition) is 4. The monoisotopic (exact) mass is 293 g/mol. The van der Waals surface area contributed by atoms with Crippen molar-refractivity contribution in [3.05, 3.63) is 23.8 Å². The van der Waals surface area contributed by atoms with Gasteiger partial charge in [-0.15, -0.1) is 0 Å². The lowest BCUT2D eigenvalue weighted by molar-refractivity contribution is 0.0593. The second-order valence-electron chi connectivity index (χ2n) is 5.57. The second kappa shape index (κ2) is 8.25. The molecule has 0 heterocycles. The smallest absolute Gasteiger partial charge is 0.161 e. The van der Waals surface area contributed by atoms with Crippen molar-refractivity contribution < 1.29 is 14.2 Å². The number of benzene rings is 1. The van der Waals surface area contributed by atoms with Gasteiger partial charge in [-0.05, 0) is 37.5 Å².